The Morgan fingerprint density at radius 3 is 2.52 bits per heavy atom. The number of β-amino-alcohol motifs (C(OH)–C–C–N with tert-alkyl or cyclic N) is 1. The fourth-order valence-corrected chi connectivity index (χ4v) is 3.28. The summed E-state index contributed by atoms with van der Waals surface area (Å²) in [7, 11) is 1.68. The summed E-state index contributed by atoms with van der Waals surface area (Å²) in [5.74, 6) is 0.579. The zero-order valence-electron chi connectivity index (χ0n) is 14.5. The standard InChI is InChI=1S/C20H25FN2O2/c1-25-20-5-3-2-4-18(20)22-17-10-12-23(13-11-17)14-19(24)15-6-8-16(21)9-7-15/h2-9,17,19,22,24H,10-14H2,1H3. The van der Waals surface area contributed by atoms with Gasteiger partial charge in [-0.3, -0.25) is 0 Å². The second-order valence-electron chi connectivity index (χ2n) is 6.49. The lowest BCUT2D eigenvalue weighted by Crippen LogP contribution is -2.41. The van der Waals surface area contributed by atoms with E-state index in [1.807, 2.05) is 24.3 Å². The summed E-state index contributed by atoms with van der Waals surface area (Å²) < 4.78 is 18.4. The minimum atomic E-state index is -0.584. The SMILES string of the molecule is COc1ccccc1NC1CCN(CC(O)c2ccc(F)cc2)CC1. The second kappa shape index (κ2) is 8.32. The van der Waals surface area contributed by atoms with Crippen LogP contribution in [0.3, 0.4) is 0 Å². The van der Waals surface area contributed by atoms with E-state index in [9.17, 15) is 9.50 Å². The third-order valence-electron chi connectivity index (χ3n) is 4.74. The summed E-state index contributed by atoms with van der Waals surface area (Å²) in [5, 5.41) is 13.9. The Hall–Kier alpha value is -2.11. The second-order valence-corrected chi connectivity index (χ2v) is 6.49. The van der Waals surface area contributed by atoms with Gasteiger partial charge in [0, 0.05) is 25.7 Å². The van der Waals surface area contributed by atoms with E-state index in [1.54, 1.807) is 19.2 Å². The van der Waals surface area contributed by atoms with Crippen LogP contribution in [0.5, 0.6) is 5.75 Å². The quantitative estimate of drug-likeness (QED) is 0.843. The van der Waals surface area contributed by atoms with Gasteiger partial charge in [-0.1, -0.05) is 24.3 Å². The Morgan fingerprint density at radius 1 is 1.16 bits per heavy atom. The van der Waals surface area contributed by atoms with Crippen molar-refractivity contribution in [3.8, 4) is 5.75 Å². The van der Waals surface area contributed by atoms with E-state index in [0.29, 0.717) is 12.6 Å². The molecule has 1 fully saturated rings. The first-order chi connectivity index (χ1) is 12.2. The van der Waals surface area contributed by atoms with Gasteiger partial charge in [0.1, 0.15) is 11.6 Å². The Labute approximate surface area is 148 Å². The number of ether oxygens (including phenoxy) is 1. The lowest BCUT2D eigenvalue weighted by atomic mass is 10.0. The van der Waals surface area contributed by atoms with Crippen molar-refractivity contribution in [1.29, 1.82) is 0 Å². The predicted octanol–water partition coefficient (Wildman–Crippen LogP) is 3.44. The number of nitrogens with one attached hydrogen (secondary N) is 1. The number of likely N-dealkylation sites (tertiary alicyclic amines) is 1. The van der Waals surface area contributed by atoms with Gasteiger partial charge < -0.3 is 20.1 Å². The molecule has 2 aromatic carbocycles. The molecule has 2 N–H and O–H groups in total. The van der Waals surface area contributed by atoms with Gasteiger partial charge >= 0.3 is 0 Å². The Balaban J connectivity index is 1.49. The summed E-state index contributed by atoms with van der Waals surface area (Å²) in [4.78, 5) is 2.26. The zero-order valence-corrected chi connectivity index (χ0v) is 14.5. The molecule has 0 aromatic heterocycles. The van der Waals surface area contributed by atoms with Crippen molar-refractivity contribution >= 4 is 5.69 Å². The lowest BCUT2D eigenvalue weighted by Gasteiger charge is -2.34. The van der Waals surface area contributed by atoms with Crippen LogP contribution in [0.25, 0.3) is 0 Å². The van der Waals surface area contributed by atoms with E-state index >= 15 is 0 Å². The summed E-state index contributed by atoms with van der Waals surface area (Å²) in [5.41, 5.74) is 1.78. The first kappa shape index (κ1) is 17.7. The number of hydrogen-bond acceptors (Lipinski definition) is 4. The number of methoxy groups -OCH3 is 1. The molecule has 1 aliphatic rings. The fourth-order valence-electron chi connectivity index (χ4n) is 3.28. The van der Waals surface area contributed by atoms with Crippen molar-refractivity contribution in [3.05, 3.63) is 59.9 Å². The van der Waals surface area contributed by atoms with E-state index in [0.717, 1.165) is 42.9 Å². The molecule has 0 aliphatic carbocycles. The number of aliphatic hydroxyl groups is 1. The molecule has 5 heteroatoms. The van der Waals surface area contributed by atoms with Crippen LogP contribution in [-0.2, 0) is 0 Å². The van der Waals surface area contributed by atoms with Crippen molar-refractivity contribution < 1.29 is 14.2 Å². The van der Waals surface area contributed by atoms with E-state index in [4.69, 9.17) is 4.74 Å². The molecule has 0 bridgehead atoms. The largest absolute Gasteiger partial charge is 0.495 e. The molecule has 0 saturated carbocycles. The molecule has 4 nitrogen and oxygen atoms in total. The van der Waals surface area contributed by atoms with Gasteiger partial charge in [-0.2, -0.15) is 0 Å². The van der Waals surface area contributed by atoms with Crippen LogP contribution >= 0.6 is 0 Å². The van der Waals surface area contributed by atoms with E-state index in [2.05, 4.69) is 10.2 Å². The van der Waals surface area contributed by atoms with Crippen LogP contribution in [0.2, 0.25) is 0 Å². The van der Waals surface area contributed by atoms with E-state index in [1.165, 1.54) is 12.1 Å². The molecule has 0 amide bonds. The zero-order chi connectivity index (χ0) is 17.6. The van der Waals surface area contributed by atoms with Gasteiger partial charge in [-0.15, -0.1) is 0 Å². The number of anilines is 1. The number of rotatable bonds is 6. The molecule has 3 rings (SSSR count). The maximum Gasteiger partial charge on any atom is 0.141 e. The van der Waals surface area contributed by atoms with Crippen molar-refractivity contribution in [2.75, 3.05) is 32.1 Å². The average molecular weight is 344 g/mol. The van der Waals surface area contributed by atoms with Crippen LogP contribution in [0, 0.1) is 5.82 Å². The Morgan fingerprint density at radius 2 is 1.84 bits per heavy atom. The smallest absolute Gasteiger partial charge is 0.141 e. The Kier molecular flexibility index (Phi) is 5.89. The number of nitrogens with zero attached hydrogens (tertiary/aromatic N) is 1. The summed E-state index contributed by atoms with van der Waals surface area (Å²) >= 11 is 0. The average Bonchev–Trinajstić information content (AvgIpc) is 2.64. The third-order valence-corrected chi connectivity index (χ3v) is 4.74. The molecule has 1 saturated heterocycles. The molecule has 134 valence electrons. The van der Waals surface area contributed by atoms with Gasteiger partial charge in [-0.25, -0.2) is 4.39 Å². The highest BCUT2D eigenvalue weighted by molar-refractivity contribution is 5.56. The van der Waals surface area contributed by atoms with E-state index in [-0.39, 0.29) is 5.82 Å². The maximum atomic E-state index is 13.0. The molecule has 1 heterocycles. The molecule has 0 spiro atoms. The minimum absolute atomic E-state index is 0.279. The minimum Gasteiger partial charge on any atom is -0.495 e. The molecular weight excluding hydrogens is 319 g/mol. The molecule has 0 radical (unpaired) electrons. The first-order valence-electron chi connectivity index (χ1n) is 8.71. The lowest BCUT2D eigenvalue weighted by molar-refractivity contribution is 0.0991. The van der Waals surface area contributed by atoms with Crippen LogP contribution in [-0.4, -0.2) is 42.8 Å². The molecule has 1 unspecified atom stereocenters. The summed E-state index contributed by atoms with van der Waals surface area (Å²) in [6.45, 7) is 2.42. The number of hydrogen-bond donors (Lipinski definition) is 2. The number of piperidine rings is 1. The van der Waals surface area contributed by atoms with Crippen LogP contribution in [0.15, 0.2) is 48.5 Å². The number of benzene rings is 2. The van der Waals surface area contributed by atoms with Gasteiger partial charge in [0.15, 0.2) is 0 Å². The number of para-hydroxylation sites is 2. The predicted molar refractivity (Wildman–Crippen MR) is 97.4 cm³/mol. The van der Waals surface area contributed by atoms with Gasteiger partial charge in [0.25, 0.3) is 0 Å². The van der Waals surface area contributed by atoms with E-state index < -0.39 is 6.10 Å². The van der Waals surface area contributed by atoms with Crippen molar-refractivity contribution in [2.24, 2.45) is 0 Å². The molecule has 1 aliphatic heterocycles. The van der Waals surface area contributed by atoms with Crippen molar-refractivity contribution in [1.82, 2.24) is 4.90 Å². The van der Waals surface area contributed by atoms with Crippen molar-refractivity contribution in [2.45, 2.75) is 25.0 Å². The third kappa shape index (κ3) is 4.71. The molecular formula is C20H25FN2O2. The highest BCUT2D eigenvalue weighted by atomic mass is 19.1. The van der Waals surface area contributed by atoms with Gasteiger partial charge in [0.05, 0.1) is 18.9 Å². The monoisotopic (exact) mass is 344 g/mol. The topological polar surface area (TPSA) is 44.7 Å². The maximum absolute atomic E-state index is 13.0. The molecule has 25 heavy (non-hydrogen) atoms. The summed E-state index contributed by atoms with van der Waals surface area (Å²) in [6.07, 6.45) is 1.43. The first-order valence-corrected chi connectivity index (χ1v) is 8.71. The summed E-state index contributed by atoms with van der Waals surface area (Å²) in [6, 6.07) is 14.4. The molecule has 1 atom stereocenters. The number of halogens is 1. The molecule has 2 aromatic rings. The van der Waals surface area contributed by atoms with Crippen LogP contribution in [0.1, 0.15) is 24.5 Å². The van der Waals surface area contributed by atoms with Gasteiger partial charge in [0.2, 0.25) is 0 Å². The van der Waals surface area contributed by atoms with Crippen LogP contribution in [0.4, 0.5) is 10.1 Å². The van der Waals surface area contributed by atoms with Crippen molar-refractivity contribution in [3.63, 3.8) is 0 Å². The van der Waals surface area contributed by atoms with Crippen LogP contribution < -0.4 is 10.1 Å². The Bertz CT molecular complexity index is 670. The fraction of sp³-hybridized carbons (Fsp3) is 0.400. The van der Waals surface area contributed by atoms with Gasteiger partial charge in [-0.05, 0) is 42.7 Å². The normalized spacial score (nSPS) is 17.2. The number of aliphatic hydroxyl groups excluding tert-OH is 1. The highest BCUT2D eigenvalue weighted by Crippen LogP contribution is 2.26. The highest BCUT2D eigenvalue weighted by Gasteiger charge is 2.22.